The number of amides is 1. The maximum absolute atomic E-state index is 12.7. The quantitative estimate of drug-likeness (QED) is 0.673. The molecule has 29 heavy (non-hydrogen) atoms. The van der Waals surface area contributed by atoms with Crippen molar-refractivity contribution in [1.29, 1.82) is 0 Å². The van der Waals surface area contributed by atoms with Crippen molar-refractivity contribution in [1.82, 2.24) is 19.2 Å². The molecule has 0 saturated carbocycles. The van der Waals surface area contributed by atoms with Crippen molar-refractivity contribution < 1.29 is 4.79 Å². The number of rotatable bonds is 5. The van der Waals surface area contributed by atoms with Crippen molar-refractivity contribution in [3.05, 3.63) is 76.5 Å². The van der Waals surface area contributed by atoms with Crippen molar-refractivity contribution in [3.63, 3.8) is 0 Å². The summed E-state index contributed by atoms with van der Waals surface area (Å²) in [4.78, 5) is 26.9. The Morgan fingerprint density at radius 2 is 1.72 bits per heavy atom. The Balaban J connectivity index is 1.41. The topological polar surface area (TPSA) is 60.1 Å². The summed E-state index contributed by atoms with van der Waals surface area (Å²) >= 11 is 0. The van der Waals surface area contributed by atoms with Crippen LogP contribution in [0.4, 0.5) is 0 Å². The third-order valence-electron chi connectivity index (χ3n) is 5.47. The zero-order chi connectivity index (χ0) is 20.2. The number of nitrogens with zero attached hydrogens (tertiary/aromatic N) is 4. The van der Waals surface area contributed by atoms with E-state index in [1.165, 1.54) is 10.2 Å². The Hall–Kier alpha value is -3.15. The highest BCUT2D eigenvalue weighted by molar-refractivity contribution is 5.75. The van der Waals surface area contributed by atoms with Crippen LogP contribution in [0.2, 0.25) is 0 Å². The van der Waals surface area contributed by atoms with E-state index >= 15 is 0 Å². The van der Waals surface area contributed by atoms with Crippen molar-refractivity contribution >= 4 is 5.91 Å². The van der Waals surface area contributed by atoms with E-state index in [0.29, 0.717) is 13.1 Å². The van der Waals surface area contributed by atoms with Crippen LogP contribution in [-0.2, 0) is 30.8 Å². The lowest BCUT2D eigenvalue weighted by Crippen LogP contribution is -2.34. The first kappa shape index (κ1) is 19.2. The molecule has 6 nitrogen and oxygen atoms in total. The predicted octanol–water partition coefficient (Wildman–Crippen LogP) is 3.10. The first-order valence-corrected chi connectivity index (χ1v) is 10.2. The van der Waals surface area contributed by atoms with E-state index in [4.69, 9.17) is 0 Å². The number of aromatic nitrogens is 3. The van der Waals surface area contributed by atoms with Gasteiger partial charge in [-0.15, -0.1) is 0 Å². The standard InChI is InChI=1S/C23H26N4O2/c1-25(16-18-11-13-20(14-12-18)19-8-4-2-5-9-19)22(28)17-27-23(29)26-15-7-3-6-10-21(26)24-27/h2,4-5,8-9,11-14H,3,6-7,10,15-17H2,1H3. The van der Waals surface area contributed by atoms with Gasteiger partial charge in [-0.05, 0) is 29.5 Å². The van der Waals surface area contributed by atoms with E-state index in [2.05, 4.69) is 29.4 Å². The maximum atomic E-state index is 12.7. The minimum atomic E-state index is -0.170. The summed E-state index contributed by atoms with van der Waals surface area (Å²) in [7, 11) is 1.76. The van der Waals surface area contributed by atoms with Crippen LogP contribution in [0, 0.1) is 0 Å². The van der Waals surface area contributed by atoms with Crippen LogP contribution in [0.15, 0.2) is 59.4 Å². The number of carbonyl (C=O) groups is 1. The Kier molecular flexibility index (Phi) is 5.60. The molecule has 0 unspecified atom stereocenters. The first-order chi connectivity index (χ1) is 14.1. The molecule has 0 atom stereocenters. The summed E-state index contributed by atoms with van der Waals surface area (Å²) < 4.78 is 3.04. The highest BCUT2D eigenvalue weighted by Crippen LogP contribution is 2.19. The van der Waals surface area contributed by atoms with Gasteiger partial charge in [0, 0.05) is 26.6 Å². The maximum Gasteiger partial charge on any atom is 0.346 e. The molecule has 6 heteroatoms. The van der Waals surface area contributed by atoms with Gasteiger partial charge in [0.1, 0.15) is 12.4 Å². The summed E-state index contributed by atoms with van der Waals surface area (Å²) in [6, 6.07) is 18.4. The van der Waals surface area contributed by atoms with E-state index in [0.717, 1.165) is 42.6 Å². The van der Waals surface area contributed by atoms with Crippen LogP contribution in [0.1, 0.15) is 30.7 Å². The lowest BCUT2D eigenvalue weighted by Gasteiger charge is -2.17. The fraction of sp³-hybridized carbons (Fsp3) is 0.348. The van der Waals surface area contributed by atoms with Crippen LogP contribution < -0.4 is 5.69 Å². The number of carbonyl (C=O) groups excluding carboxylic acids is 1. The Morgan fingerprint density at radius 3 is 2.48 bits per heavy atom. The molecule has 2 heterocycles. The minimum Gasteiger partial charge on any atom is -0.340 e. The van der Waals surface area contributed by atoms with Crippen LogP contribution in [0.5, 0.6) is 0 Å². The van der Waals surface area contributed by atoms with Crippen LogP contribution in [0.25, 0.3) is 11.1 Å². The molecule has 4 rings (SSSR count). The number of hydrogen-bond acceptors (Lipinski definition) is 3. The third kappa shape index (κ3) is 4.31. The monoisotopic (exact) mass is 390 g/mol. The molecule has 1 amide bonds. The Bertz CT molecular complexity index is 1030. The van der Waals surface area contributed by atoms with Crippen LogP contribution in [-0.4, -0.2) is 32.2 Å². The van der Waals surface area contributed by atoms with Gasteiger partial charge in [0.25, 0.3) is 0 Å². The van der Waals surface area contributed by atoms with E-state index < -0.39 is 0 Å². The number of fused-ring (bicyclic) bond motifs is 1. The molecule has 1 aromatic heterocycles. The van der Waals surface area contributed by atoms with Gasteiger partial charge >= 0.3 is 5.69 Å². The van der Waals surface area contributed by atoms with Gasteiger partial charge in [-0.25, -0.2) is 9.48 Å². The SMILES string of the molecule is CN(Cc1ccc(-c2ccccc2)cc1)C(=O)Cn1nc2n(c1=O)CCCCC2. The number of aryl methyl sites for hydroxylation is 1. The summed E-state index contributed by atoms with van der Waals surface area (Å²) in [5, 5.41) is 4.40. The molecule has 0 N–H and O–H groups in total. The van der Waals surface area contributed by atoms with Gasteiger partial charge < -0.3 is 4.90 Å². The molecule has 1 aliphatic heterocycles. The normalized spacial score (nSPS) is 13.6. The zero-order valence-electron chi connectivity index (χ0n) is 16.8. The molecule has 1 aliphatic rings. The van der Waals surface area contributed by atoms with E-state index in [1.807, 2.05) is 30.3 Å². The molecule has 0 radical (unpaired) electrons. The average Bonchev–Trinajstić information content (AvgIpc) is 2.90. The molecule has 0 bridgehead atoms. The minimum absolute atomic E-state index is 0.0164. The zero-order valence-corrected chi connectivity index (χ0v) is 16.8. The lowest BCUT2D eigenvalue weighted by molar-refractivity contribution is -0.131. The first-order valence-electron chi connectivity index (χ1n) is 10.2. The van der Waals surface area contributed by atoms with Gasteiger partial charge in [-0.1, -0.05) is 61.0 Å². The molecule has 0 fully saturated rings. The Morgan fingerprint density at radius 1 is 1.00 bits per heavy atom. The third-order valence-corrected chi connectivity index (χ3v) is 5.47. The largest absolute Gasteiger partial charge is 0.346 e. The van der Waals surface area contributed by atoms with Crippen molar-refractivity contribution in [2.45, 2.75) is 45.3 Å². The summed E-state index contributed by atoms with van der Waals surface area (Å²) in [5.41, 5.74) is 3.20. The van der Waals surface area contributed by atoms with Gasteiger partial charge in [0.15, 0.2) is 0 Å². The predicted molar refractivity (Wildman–Crippen MR) is 112 cm³/mol. The van der Waals surface area contributed by atoms with Crippen molar-refractivity contribution in [2.75, 3.05) is 7.05 Å². The van der Waals surface area contributed by atoms with Gasteiger partial charge in [-0.3, -0.25) is 9.36 Å². The molecule has 0 spiro atoms. The molecule has 0 aliphatic carbocycles. The second kappa shape index (κ2) is 8.47. The summed E-state index contributed by atoms with van der Waals surface area (Å²) in [6.45, 7) is 1.18. The van der Waals surface area contributed by atoms with E-state index in [1.54, 1.807) is 16.5 Å². The van der Waals surface area contributed by atoms with Gasteiger partial charge in [-0.2, -0.15) is 5.10 Å². The van der Waals surface area contributed by atoms with E-state index in [9.17, 15) is 9.59 Å². The van der Waals surface area contributed by atoms with Crippen molar-refractivity contribution in [2.24, 2.45) is 0 Å². The highest BCUT2D eigenvalue weighted by atomic mass is 16.2. The fourth-order valence-electron chi connectivity index (χ4n) is 3.77. The van der Waals surface area contributed by atoms with Gasteiger partial charge in [0.05, 0.1) is 0 Å². The lowest BCUT2D eigenvalue weighted by atomic mass is 10.0. The Labute approximate surface area is 170 Å². The second-order valence-corrected chi connectivity index (χ2v) is 7.63. The van der Waals surface area contributed by atoms with Crippen LogP contribution in [0.3, 0.4) is 0 Å². The molecule has 2 aromatic carbocycles. The summed E-state index contributed by atoms with van der Waals surface area (Å²) in [6.07, 6.45) is 3.96. The second-order valence-electron chi connectivity index (χ2n) is 7.63. The average molecular weight is 390 g/mol. The number of hydrogen-bond donors (Lipinski definition) is 0. The fourth-order valence-corrected chi connectivity index (χ4v) is 3.77. The van der Waals surface area contributed by atoms with Crippen molar-refractivity contribution in [3.8, 4) is 11.1 Å². The highest BCUT2D eigenvalue weighted by Gasteiger charge is 2.18. The number of likely N-dealkylation sites (N-methyl/N-ethyl adjacent to an activating group) is 1. The number of benzene rings is 2. The molecule has 0 saturated heterocycles. The molecular weight excluding hydrogens is 364 g/mol. The van der Waals surface area contributed by atoms with Crippen LogP contribution >= 0.6 is 0 Å². The smallest absolute Gasteiger partial charge is 0.340 e. The molecular formula is C23H26N4O2. The summed E-state index contributed by atoms with van der Waals surface area (Å²) in [5.74, 6) is 0.687. The molecule has 150 valence electrons. The molecule has 3 aromatic rings. The van der Waals surface area contributed by atoms with Gasteiger partial charge in [0.2, 0.25) is 5.91 Å². The van der Waals surface area contributed by atoms with E-state index in [-0.39, 0.29) is 18.1 Å².